The molecule has 1 saturated carbocycles. The highest BCUT2D eigenvalue weighted by molar-refractivity contribution is 5.79. The summed E-state index contributed by atoms with van der Waals surface area (Å²) in [6.45, 7) is 3.09. The molecule has 1 aliphatic heterocycles. The summed E-state index contributed by atoms with van der Waals surface area (Å²) in [6.07, 6.45) is 0.339. The standard InChI is InChI=1S/C24H28FNO4/c1-15-2-7-22(20(25)8-15)30-23-11-19-13-26(12-18(19)10-21(23)28)24(29)9-16-3-5-17(14-27)6-4-16/h2-8,18-19,21,23,27-28H,9-14H2,1H3/t18-,19+,21+,23+/m0/s1. The van der Waals surface area contributed by atoms with E-state index in [9.17, 15) is 14.3 Å². The van der Waals surface area contributed by atoms with E-state index in [1.165, 1.54) is 6.07 Å². The first kappa shape index (κ1) is 20.8. The summed E-state index contributed by atoms with van der Waals surface area (Å²) in [5.74, 6) is 0.300. The van der Waals surface area contributed by atoms with Gasteiger partial charge in [-0.25, -0.2) is 4.39 Å². The van der Waals surface area contributed by atoms with Crippen molar-refractivity contribution < 1.29 is 24.1 Å². The molecular formula is C24H28FNO4. The largest absolute Gasteiger partial charge is 0.485 e. The second-order valence-corrected chi connectivity index (χ2v) is 8.60. The number of hydrogen-bond acceptors (Lipinski definition) is 4. The molecule has 0 bridgehead atoms. The van der Waals surface area contributed by atoms with Gasteiger partial charge in [-0.15, -0.1) is 0 Å². The maximum Gasteiger partial charge on any atom is 0.227 e. The van der Waals surface area contributed by atoms with Crippen LogP contribution in [0.4, 0.5) is 4.39 Å². The summed E-state index contributed by atoms with van der Waals surface area (Å²) in [6, 6.07) is 12.2. The summed E-state index contributed by atoms with van der Waals surface area (Å²) in [4.78, 5) is 14.6. The Hall–Kier alpha value is -2.44. The monoisotopic (exact) mass is 413 g/mol. The molecule has 2 aromatic carbocycles. The maximum absolute atomic E-state index is 14.1. The number of carbonyl (C=O) groups excluding carboxylic acids is 1. The van der Waals surface area contributed by atoms with Crippen LogP contribution in [0, 0.1) is 24.6 Å². The number of fused-ring (bicyclic) bond motifs is 1. The summed E-state index contributed by atoms with van der Waals surface area (Å²) < 4.78 is 20.0. The van der Waals surface area contributed by atoms with Crippen molar-refractivity contribution in [1.29, 1.82) is 0 Å². The quantitative estimate of drug-likeness (QED) is 0.791. The number of carbonyl (C=O) groups is 1. The van der Waals surface area contributed by atoms with Gasteiger partial charge in [-0.2, -0.15) is 0 Å². The Balaban J connectivity index is 1.36. The van der Waals surface area contributed by atoms with E-state index in [0.717, 1.165) is 16.7 Å². The molecule has 0 unspecified atom stereocenters. The summed E-state index contributed by atoms with van der Waals surface area (Å²) in [7, 11) is 0. The van der Waals surface area contributed by atoms with Crippen LogP contribution in [0.1, 0.15) is 29.5 Å². The van der Waals surface area contributed by atoms with E-state index >= 15 is 0 Å². The smallest absolute Gasteiger partial charge is 0.227 e. The minimum atomic E-state index is -0.673. The van der Waals surface area contributed by atoms with Crippen molar-refractivity contribution in [3.63, 3.8) is 0 Å². The van der Waals surface area contributed by atoms with Gasteiger partial charge in [0.25, 0.3) is 0 Å². The van der Waals surface area contributed by atoms with E-state index in [2.05, 4.69) is 0 Å². The highest BCUT2D eigenvalue weighted by Crippen LogP contribution is 2.38. The summed E-state index contributed by atoms with van der Waals surface area (Å²) in [5, 5.41) is 19.7. The maximum atomic E-state index is 14.1. The van der Waals surface area contributed by atoms with E-state index in [1.807, 2.05) is 36.1 Å². The fourth-order valence-electron chi connectivity index (χ4n) is 4.63. The number of ether oxygens (including phenoxy) is 1. The Bertz CT molecular complexity index is 901. The van der Waals surface area contributed by atoms with Crippen LogP contribution in [-0.4, -0.2) is 46.3 Å². The lowest BCUT2D eigenvalue weighted by Crippen LogP contribution is -2.42. The molecule has 4 rings (SSSR count). The molecule has 1 heterocycles. The molecule has 0 spiro atoms. The third-order valence-electron chi connectivity index (χ3n) is 6.36. The molecule has 4 atom stereocenters. The normalized spacial score (nSPS) is 25.8. The highest BCUT2D eigenvalue weighted by Gasteiger charge is 2.44. The van der Waals surface area contributed by atoms with E-state index in [-0.39, 0.29) is 30.1 Å². The minimum absolute atomic E-state index is 0.0121. The zero-order chi connectivity index (χ0) is 21.3. The Morgan fingerprint density at radius 1 is 1.10 bits per heavy atom. The molecule has 2 N–H and O–H groups in total. The molecule has 1 aliphatic carbocycles. The SMILES string of the molecule is Cc1ccc(O[C@@H]2C[C@@H]3CN(C(=O)Cc4ccc(CO)cc4)C[C@@H]3C[C@H]2O)c(F)c1. The number of halogens is 1. The predicted octanol–water partition coefficient (Wildman–Crippen LogP) is 2.85. The second kappa shape index (κ2) is 8.74. The van der Waals surface area contributed by atoms with Crippen LogP contribution in [0.3, 0.4) is 0 Å². The fraction of sp³-hybridized carbons (Fsp3) is 0.458. The van der Waals surface area contributed by atoms with Crippen molar-refractivity contribution in [2.24, 2.45) is 11.8 Å². The molecule has 160 valence electrons. The van der Waals surface area contributed by atoms with Crippen LogP contribution in [0.5, 0.6) is 5.75 Å². The van der Waals surface area contributed by atoms with E-state index in [1.54, 1.807) is 12.1 Å². The van der Waals surface area contributed by atoms with E-state index < -0.39 is 18.0 Å². The molecule has 1 saturated heterocycles. The highest BCUT2D eigenvalue weighted by atomic mass is 19.1. The van der Waals surface area contributed by atoms with Crippen LogP contribution in [0.25, 0.3) is 0 Å². The van der Waals surface area contributed by atoms with Gasteiger partial charge in [0.2, 0.25) is 5.91 Å². The first-order valence-corrected chi connectivity index (χ1v) is 10.5. The number of benzene rings is 2. The van der Waals surface area contributed by atoms with Crippen LogP contribution >= 0.6 is 0 Å². The van der Waals surface area contributed by atoms with Crippen LogP contribution in [-0.2, 0) is 17.8 Å². The lowest BCUT2D eigenvalue weighted by molar-refractivity contribution is -0.129. The Labute approximate surface area is 176 Å². The van der Waals surface area contributed by atoms with Crippen LogP contribution in [0.15, 0.2) is 42.5 Å². The minimum Gasteiger partial charge on any atom is -0.485 e. The number of rotatable bonds is 5. The van der Waals surface area contributed by atoms with Gasteiger partial charge in [0.05, 0.1) is 19.1 Å². The third kappa shape index (κ3) is 4.50. The van der Waals surface area contributed by atoms with Gasteiger partial charge >= 0.3 is 0 Å². The Kier molecular flexibility index (Phi) is 6.06. The topological polar surface area (TPSA) is 70.0 Å². The van der Waals surface area contributed by atoms with E-state index in [0.29, 0.717) is 32.4 Å². The average Bonchev–Trinajstić information content (AvgIpc) is 3.13. The molecule has 2 aromatic rings. The molecule has 0 aromatic heterocycles. The van der Waals surface area contributed by atoms with Gasteiger partial charge in [0.1, 0.15) is 6.10 Å². The molecule has 6 heteroatoms. The summed E-state index contributed by atoms with van der Waals surface area (Å²) in [5.41, 5.74) is 2.56. The number of nitrogens with zero attached hydrogens (tertiary/aromatic N) is 1. The van der Waals surface area contributed by atoms with Crippen LogP contribution in [0.2, 0.25) is 0 Å². The van der Waals surface area contributed by atoms with Crippen LogP contribution < -0.4 is 4.74 Å². The predicted molar refractivity (Wildman–Crippen MR) is 110 cm³/mol. The average molecular weight is 413 g/mol. The van der Waals surface area contributed by atoms with Crippen molar-refractivity contribution in [3.8, 4) is 5.75 Å². The fourth-order valence-corrected chi connectivity index (χ4v) is 4.63. The van der Waals surface area contributed by atoms with Crippen molar-refractivity contribution in [2.75, 3.05) is 13.1 Å². The zero-order valence-electron chi connectivity index (χ0n) is 17.1. The van der Waals surface area contributed by atoms with Gasteiger partial charge in [0.15, 0.2) is 11.6 Å². The zero-order valence-corrected chi connectivity index (χ0v) is 17.1. The number of aliphatic hydroxyl groups is 2. The van der Waals surface area contributed by atoms with Gasteiger partial charge < -0.3 is 19.8 Å². The number of hydrogen-bond donors (Lipinski definition) is 2. The van der Waals surface area contributed by atoms with Crippen molar-refractivity contribution in [2.45, 2.75) is 45.0 Å². The summed E-state index contributed by atoms with van der Waals surface area (Å²) >= 11 is 0. The Morgan fingerprint density at radius 3 is 2.43 bits per heavy atom. The van der Waals surface area contributed by atoms with Gasteiger partial charge in [-0.1, -0.05) is 30.3 Å². The second-order valence-electron chi connectivity index (χ2n) is 8.60. The third-order valence-corrected chi connectivity index (χ3v) is 6.36. The molecule has 1 amide bonds. The Morgan fingerprint density at radius 2 is 1.77 bits per heavy atom. The molecule has 5 nitrogen and oxygen atoms in total. The van der Waals surface area contributed by atoms with Crippen molar-refractivity contribution >= 4 is 5.91 Å². The number of aryl methyl sites for hydroxylation is 1. The molecular weight excluding hydrogens is 385 g/mol. The van der Waals surface area contributed by atoms with Gasteiger partial charge in [0, 0.05) is 13.1 Å². The molecule has 2 aliphatic rings. The van der Waals surface area contributed by atoms with Crippen molar-refractivity contribution in [3.05, 3.63) is 65.0 Å². The first-order valence-electron chi connectivity index (χ1n) is 10.5. The number of likely N-dealkylation sites (tertiary alicyclic amines) is 1. The molecule has 2 fully saturated rings. The first-order chi connectivity index (χ1) is 14.4. The van der Waals surface area contributed by atoms with E-state index in [4.69, 9.17) is 9.84 Å². The lowest BCUT2D eigenvalue weighted by atomic mass is 9.78. The molecule has 0 radical (unpaired) electrons. The number of aliphatic hydroxyl groups excluding tert-OH is 2. The lowest BCUT2D eigenvalue weighted by Gasteiger charge is -2.35. The van der Waals surface area contributed by atoms with Gasteiger partial charge in [-0.05, 0) is 60.4 Å². The molecule has 30 heavy (non-hydrogen) atoms. The number of amides is 1. The van der Waals surface area contributed by atoms with Crippen molar-refractivity contribution in [1.82, 2.24) is 4.90 Å². The van der Waals surface area contributed by atoms with Gasteiger partial charge in [-0.3, -0.25) is 4.79 Å².